The number of aromatic nitrogens is 2. The number of hydrogen-bond donors (Lipinski definition) is 1. The molecule has 0 aliphatic carbocycles. The molecule has 9 nitrogen and oxygen atoms in total. The average molecular weight is 406 g/mol. The van der Waals surface area contributed by atoms with Crippen LogP contribution >= 0.6 is 11.3 Å². The minimum Gasteiger partial charge on any atom is -0.454 e. The van der Waals surface area contributed by atoms with Crippen molar-refractivity contribution in [3.63, 3.8) is 0 Å². The number of amides is 3. The first-order chi connectivity index (χ1) is 13.2. The van der Waals surface area contributed by atoms with E-state index in [0.717, 1.165) is 15.3 Å². The summed E-state index contributed by atoms with van der Waals surface area (Å²) in [6.07, 6.45) is -0.355. The second-order valence-electron chi connectivity index (χ2n) is 6.83. The van der Waals surface area contributed by atoms with E-state index in [2.05, 4.69) is 9.97 Å². The van der Waals surface area contributed by atoms with Crippen molar-refractivity contribution in [3.8, 4) is 0 Å². The number of carbonyl (C=O) groups excluding carboxylic acids is 3. The van der Waals surface area contributed by atoms with E-state index < -0.39 is 12.1 Å². The molecule has 0 saturated carbocycles. The van der Waals surface area contributed by atoms with Crippen LogP contribution in [0.25, 0.3) is 10.2 Å². The van der Waals surface area contributed by atoms with Gasteiger partial charge in [-0.05, 0) is 32.8 Å². The lowest BCUT2D eigenvalue weighted by atomic mass is 10.2. The zero-order chi connectivity index (χ0) is 20.6. The third-order valence-corrected chi connectivity index (χ3v) is 5.85. The maximum atomic E-state index is 12.3. The minimum absolute atomic E-state index is 0.0504. The monoisotopic (exact) mass is 406 g/mol. The van der Waals surface area contributed by atoms with Gasteiger partial charge < -0.3 is 14.6 Å². The van der Waals surface area contributed by atoms with Crippen molar-refractivity contribution in [2.24, 2.45) is 0 Å². The standard InChI is InChI=1S/C18H22N4O5S/c1-9-11(3)28-17-14(9)16(25)19-15(20-17)10(2)27-13(24)6-5-7-22-12(23)8-21(4)18(22)26/h10H,5-8H2,1-4H3,(H,19,20,25). The second-order valence-corrected chi connectivity index (χ2v) is 8.04. The summed E-state index contributed by atoms with van der Waals surface area (Å²) in [6.45, 7) is 5.67. The number of fused-ring (bicyclic) bond motifs is 1. The Hall–Kier alpha value is -2.75. The number of H-pyrrole nitrogens is 1. The van der Waals surface area contributed by atoms with Crippen LogP contribution in [-0.2, 0) is 14.3 Å². The molecule has 3 amide bonds. The number of esters is 1. The summed E-state index contributed by atoms with van der Waals surface area (Å²) in [5.74, 6) is -0.467. The van der Waals surface area contributed by atoms with Crippen LogP contribution in [0, 0.1) is 13.8 Å². The van der Waals surface area contributed by atoms with Gasteiger partial charge in [0.05, 0.1) is 5.39 Å². The van der Waals surface area contributed by atoms with E-state index in [-0.39, 0.29) is 37.0 Å². The van der Waals surface area contributed by atoms with Crippen LogP contribution in [0.4, 0.5) is 4.79 Å². The maximum Gasteiger partial charge on any atom is 0.326 e. The van der Waals surface area contributed by atoms with Crippen molar-refractivity contribution in [3.05, 3.63) is 26.6 Å². The normalized spacial score (nSPS) is 15.6. The molecule has 150 valence electrons. The van der Waals surface area contributed by atoms with E-state index in [1.807, 2.05) is 13.8 Å². The number of ether oxygens (including phenoxy) is 1. The number of aromatic amines is 1. The molecule has 1 aliphatic heterocycles. The summed E-state index contributed by atoms with van der Waals surface area (Å²) in [5.41, 5.74) is 0.654. The first kappa shape index (κ1) is 20.0. The summed E-state index contributed by atoms with van der Waals surface area (Å²) >= 11 is 1.43. The molecule has 3 heterocycles. The quantitative estimate of drug-likeness (QED) is 0.579. The first-order valence-corrected chi connectivity index (χ1v) is 9.75. The Labute approximate surface area is 165 Å². The molecule has 1 fully saturated rings. The molecular formula is C18H22N4O5S. The van der Waals surface area contributed by atoms with Gasteiger partial charge >= 0.3 is 12.0 Å². The number of nitrogens with zero attached hydrogens (tertiary/aromatic N) is 3. The molecule has 1 saturated heterocycles. The van der Waals surface area contributed by atoms with Gasteiger partial charge in [0, 0.05) is 24.9 Å². The molecule has 1 N–H and O–H groups in total. The fourth-order valence-corrected chi connectivity index (χ4v) is 4.08. The number of urea groups is 1. The molecule has 0 aromatic carbocycles. The molecule has 1 unspecified atom stereocenters. The molecule has 0 radical (unpaired) electrons. The number of rotatable bonds is 6. The molecule has 2 aromatic rings. The van der Waals surface area contributed by atoms with Gasteiger partial charge in [0.25, 0.3) is 5.56 Å². The van der Waals surface area contributed by atoms with Crippen molar-refractivity contribution in [1.29, 1.82) is 0 Å². The highest BCUT2D eigenvalue weighted by molar-refractivity contribution is 7.18. The van der Waals surface area contributed by atoms with Crippen LogP contribution in [0.5, 0.6) is 0 Å². The van der Waals surface area contributed by atoms with Crippen LogP contribution in [0.15, 0.2) is 4.79 Å². The molecule has 2 aromatic heterocycles. The highest BCUT2D eigenvalue weighted by Gasteiger charge is 2.33. The van der Waals surface area contributed by atoms with Gasteiger partial charge in [-0.15, -0.1) is 11.3 Å². The van der Waals surface area contributed by atoms with Gasteiger partial charge in [-0.1, -0.05) is 0 Å². The summed E-state index contributed by atoms with van der Waals surface area (Å²) < 4.78 is 5.35. The maximum absolute atomic E-state index is 12.3. The summed E-state index contributed by atoms with van der Waals surface area (Å²) in [7, 11) is 1.55. The molecule has 1 aliphatic rings. The van der Waals surface area contributed by atoms with E-state index in [0.29, 0.717) is 22.5 Å². The number of imide groups is 1. The molecule has 0 spiro atoms. The average Bonchev–Trinajstić information content (AvgIpc) is 3.04. The Kier molecular flexibility index (Phi) is 5.50. The predicted octanol–water partition coefficient (Wildman–Crippen LogP) is 1.88. The predicted molar refractivity (Wildman–Crippen MR) is 103 cm³/mol. The zero-order valence-corrected chi connectivity index (χ0v) is 17.0. The van der Waals surface area contributed by atoms with Gasteiger partial charge in [0.2, 0.25) is 5.91 Å². The lowest BCUT2D eigenvalue weighted by Crippen LogP contribution is -2.32. The highest BCUT2D eigenvalue weighted by atomic mass is 32.1. The van der Waals surface area contributed by atoms with Crippen molar-refractivity contribution < 1.29 is 19.1 Å². The second kappa shape index (κ2) is 7.70. The van der Waals surface area contributed by atoms with E-state index >= 15 is 0 Å². The Morgan fingerprint density at radius 3 is 2.68 bits per heavy atom. The number of aryl methyl sites for hydroxylation is 2. The van der Waals surface area contributed by atoms with Crippen LogP contribution < -0.4 is 5.56 Å². The summed E-state index contributed by atoms with van der Waals surface area (Å²) in [4.78, 5) is 59.1. The third-order valence-electron chi connectivity index (χ3n) is 4.74. The fraction of sp³-hybridized carbons (Fsp3) is 0.500. The van der Waals surface area contributed by atoms with E-state index in [4.69, 9.17) is 4.74 Å². The third kappa shape index (κ3) is 3.77. The molecule has 28 heavy (non-hydrogen) atoms. The molecular weight excluding hydrogens is 384 g/mol. The first-order valence-electron chi connectivity index (χ1n) is 8.94. The van der Waals surface area contributed by atoms with E-state index in [1.54, 1.807) is 14.0 Å². The number of thiophene rings is 1. The van der Waals surface area contributed by atoms with Crippen molar-refractivity contribution in [2.75, 3.05) is 20.1 Å². The summed E-state index contributed by atoms with van der Waals surface area (Å²) in [6, 6.07) is -0.358. The van der Waals surface area contributed by atoms with Gasteiger partial charge in [-0.25, -0.2) is 9.78 Å². The van der Waals surface area contributed by atoms with Gasteiger partial charge in [-0.3, -0.25) is 19.3 Å². The minimum atomic E-state index is -0.714. The van der Waals surface area contributed by atoms with Crippen molar-refractivity contribution in [1.82, 2.24) is 19.8 Å². The smallest absolute Gasteiger partial charge is 0.326 e. The van der Waals surface area contributed by atoms with Crippen molar-refractivity contribution >= 4 is 39.5 Å². The Balaban J connectivity index is 1.59. The molecule has 3 rings (SSSR count). The largest absolute Gasteiger partial charge is 0.454 e. The van der Waals surface area contributed by atoms with Crippen LogP contribution in [-0.4, -0.2) is 57.8 Å². The number of nitrogens with one attached hydrogen (secondary N) is 1. The summed E-state index contributed by atoms with van der Waals surface area (Å²) in [5, 5.41) is 0.565. The van der Waals surface area contributed by atoms with E-state index in [9.17, 15) is 19.2 Å². The Bertz CT molecular complexity index is 1010. The lowest BCUT2D eigenvalue weighted by molar-refractivity contribution is -0.149. The number of likely N-dealkylation sites (N-methyl/N-ethyl adjacent to an activating group) is 1. The van der Waals surface area contributed by atoms with Gasteiger partial charge in [0.15, 0.2) is 11.9 Å². The zero-order valence-electron chi connectivity index (χ0n) is 16.2. The van der Waals surface area contributed by atoms with Gasteiger partial charge in [0.1, 0.15) is 11.4 Å². The van der Waals surface area contributed by atoms with Crippen LogP contribution in [0.2, 0.25) is 0 Å². The van der Waals surface area contributed by atoms with Crippen molar-refractivity contribution in [2.45, 2.75) is 39.7 Å². The lowest BCUT2D eigenvalue weighted by Gasteiger charge is -2.15. The Morgan fingerprint density at radius 1 is 1.32 bits per heavy atom. The fourth-order valence-electron chi connectivity index (χ4n) is 3.05. The van der Waals surface area contributed by atoms with E-state index in [1.165, 1.54) is 16.2 Å². The van der Waals surface area contributed by atoms with Gasteiger partial charge in [-0.2, -0.15) is 0 Å². The van der Waals surface area contributed by atoms with Crippen LogP contribution in [0.3, 0.4) is 0 Å². The molecule has 1 atom stereocenters. The Morgan fingerprint density at radius 2 is 2.04 bits per heavy atom. The molecule has 0 bridgehead atoms. The highest BCUT2D eigenvalue weighted by Crippen LogP contribution is 2.27. The molecule has 10 heteroatoms. The SMILES string of the molecule is Cc1sc2nc(C(C)OC(=O)CCCN3C(=O)CN(C)C3=O)[nH]c(=O)c2c1C. The topological polar surface area (TPSA) is 113 Å². The van der Waals surface area contributed by atoms with Crippen LogP contribution in [0.1, 0.15) is 42.1 Å². The number of carbonyl (C=O) groups is 3. The number of hydrogen-bond acceptors (Lipinski definition) is 7.